The van der Waals surface area contributed by atoms with E-state index in [-0.39, 0.29) is 24.0 Å². The Labute approximate surface area is 187 Å². The predicted molar refractivity (Wildman–Crippen MR) is 127 cm³/mol. The Balaban J connectivity index is 0.00000392. The van der Waals surface area contributed by atoms with E-state index in [0.29, 0.717) is 6.54 Å². The van der Waals surface area contributed by atoms with E-state index in [4.69, 9.17) is 9.47 Å². The number of methoxy groups -OCH3 is 2. The van der Waals surface area contributed by atoms with Crippen LogP contribution in [0.3, 0.4) is 0 Å². The molecule has 1 fully saturated rings. The van der Waals surface area contributed by atoms with Crippen molar-refractivity contribution in [2.75, 3.05) is 47.4 Å². The van der Waals surface area contributed by atoms with Crippen LogP contribution in [-0.4, -0.2) is 58.3 Å². The lowest BCUT2D eigenvalue weighted by molar-refractivity contribution is 0.140. The fraction of sp³-hybridized carbons (Fsp3) is 0.667. The summed E-state index contributed by atoms with van der Waals surface area (Å²) in [6.07, 6.45) is 2.48. The third-order valence-electron chi connectivity index (χ3n) is 5.05. The molecule has 2 rings (SSSR count). The van der Waals surface area contributed by atoms with Crippen molar-refractivity contribution >= 4 is 29.9 Å². The average molecular weight is 504 g/mol. The number of hydrogen-bond donors (Lipinski definition) is 2. The Bertz CT molecular complexity index is 602. The second kappa shape index (κ2) is 13.1. The van der Waals surface area contributed by atoms with Crippen LogP contribution in [0.1, 0.15) is 32.3 Å². The number of likely N-dealkylation sites (tertiary alicyclic amines) is 1. The van der Waals surface area contributed by atoms with Gasteiger partial charge in [0.2, 0.25) is 0 Å². The van der Waals surface area contributed by atoms with Crippen LogP contribution in [0.2, 0.25) is 0 Å². The van der Waals surface area contributed by atoms with Crippen molar-refractivity contribution in [3.63, 3.8) is 0 Å². The minimum absolute atomic E-state index is 0. The summed E-state index contributed by atoms with van der Waals surface area (Å²) in [6.45, 7) is 9.89. The highest BCUT2D eigenvalue weighted by molar-refractivity contribution is 14.0. The molecule has 1 aliphatic rings. The van der Waals surface area contributed by atoms with E-state index in [1.165, 1.54) is 19.5 Å². The maximum Gasteiger partial charge on any atom is 0.191 e. The summed E-state index contributed by atoms with van der Waals surface area (Å²) in [6, 6.07) is 5.85. The molecular weight excluding hydrogens is 467 g/mol. The smallest absolute Gasteiger partial charge is 0.191 e. The zero-order valence-corrected chi connectivity index (χ0v) is 20.3. The topological polar surface area (TPSA) is 58.1 Å². The Morgan fingerprint density at radius 3 is 2.46 bits per heavy atom. The van der Waals surface area contributed by atoms with E-state index in [9.17, 15) is 0 Å². The quantitative estimate of drug-likeness (QED) is 0.246. The van der Waals surface area contributed by atoms with E-state index in [1.807, 2.05) is 18.2 Å². The standard InChI is InChI=1S/C21H36N4O2.HI/c1-16-11-17(2)15-25(14-16)10-6-9-23-21(22-3)24-13-18-7-8-19(26-4)12-20(18)27-5;/h7-8,12,16-17H,6,9-11,13-15H2,1-5H3,(H2,22,23,24);1H. The van der Waals surface area contributed by atoms with Crippen LogP contribution in [0.5, 0.6) is 11.5 Å². The van der Waals surface area contributed by atoms with Gasteiger partial charge in [0.1, 0.15) is 11.5 Å². The number of hydrogen-bond acceptors (Lipinski definition) is 4. The molecule has 160 valence electrons. The predicted octanol–water partition coefficient (Wildman–Crippen LogP) is 3.35. The Hall–Kier alpha value is -1.22. The number of aliphatic imine (C=N–C) groups is 1. The van der Waals surface area contributed by atoms with E-state index < -0.39 is 0 Å². The van der Waals surface area contributed by atoms with Crippen molar-refractivity contribution in [1.82, 2.24) is 15.5 Å². The van der Waals surface area contributed by atoms with Crippen LogP contribution < -0.4 is 20.1 Å². The molecule has 1 aromatic carbocycles. The first-order valence-electron chi connectivity index (χ1n) is 9.93. The Morgan fingerprint density at radius 1 is 1.14 bits per heavy atom. The van der Waals surface area contributed by atoms with Gasteiger partial charge in [0, 0.05) is 44.9 Å². The third-order valence-corrected chi connectivity index (χ3v) is 5.05. The number of halogens is 1. The summed E-state index contributed by atoms with van der Waals surface area (Å²) in [7, 11) is 5.13. The van der Waals surface area contributed by atoms with Gasteiger partial charge in [-0.25, -0.2) is 0 Å². The van der Waals surface area contributed by atoms with Crippen LogP contribution in [-0.2, 0) is 6.54 Å². The molecule has 0 amide bonds. The summed E-state index contributed by atoms with van der Waals surface area (Å²) in [5, 5.41) is 6.76. The lowest BCUT2D eigenvalue weighted by Crippen LogP contribution is -2.41. The maximum absolute atomic E-state index is 5.45. The summed E-state index contributed by atoms with van der Waals surface area (Å²) in [5.74, 6) is 4.05. The number of piperidine rings is 1. The molecule has 0 aromatic heterocycles. The second-order valence-corrected chi connectivity index (χ2v) is 7.59. The number of ether oxygens (including phenoxy) is 2. The first-order chi connectivity index (χ1) is 13.0. The van der Waals surface area contributed by atoms with E-state index in [2.05, 4.69) is 34.4 Å². The third kappa shape index (κ3) is 8.03. The fourth-order valence-corrected chi connectivity index (χ4v) is 3.88. The molecule has 0 radical (unpaired) electrons. The molecule has 2 N–H and O–H groups in total. The monoisotopic (exact) mass is 504 g/mol. The summed E-state index contributed by atoms with van der Waals surface area (Å²) in [5.41, 5.74) is 1.07. The van der Waals surface area contributed by atoms with Crippen molar-refractivity contribution in [3.05, 3.63) is 23.8 Å². The Kier molecular flexibility index (Phi) is 11.6. The molecular formula is C21H37IN4O2. The zero-order valence-electron chi connectivity index (χ0n) is 18.0. The molecule has 1 saturated heterocycles. The molecule has 0 saturated carbocycles. The normalized spacial score (nSPS) is 20.2. The molecule has 1 aromatic rings. The second-order valence-electron chi connectivity index (χ2n) is 7.59. The SMILES string of the molecule is CN=C(NCCCN1CC(C)CC(C)C1)NCc1ccc(OC)cc1OC.I. The fourth-order valence-electron chi connectivity index (χ4n) is 3.88. The molecule has 0 aliphatic carbocycles. The molecule has 1 heterocycles. The van der Waals surface area contributed by atoms with E-state index in [0.717, 1.165) is 54.4 Å². The first-order valence-corrected chi connectivity index (χ1v) is 9.93. The van der Waals surface area contributed by atoms with Crippen LogP contribution in [0.4, 0.5) is 0 Å². The van der Waals surface area contributed by atoms with Gasteiger partial charge in [-0.05, 0) is 43.4 Å². The highest BCUT2D eigenvalue weighted by atomic mass is 127. The largest absolute Gasteiger partial charge is 0.497 e. The van der Waals surface area contributed by atoms with Crippen molar-refractivity contribution in [2.45, 2.75) is 33.2 Å². The van der Waals surface area contributed by atoms with Crippen LogP contribution in [0.25, 0.3) is 0 Å². The molecule has 1 aliphatic heterocycles. The Morgan fingerprint density at radius 2 is 1.86 bits per heavy atom. The van der Waals surface area contributed by atoms with Gasteiger partial charge in [-0.15, -0.1) is 24.0 Å². The first kappa shape index (κ1) is 24.8. The average Bonchev–Trinajstić information content (AvgIpc) is 2.66. The highest BCUT2D eigenvalue weighted by Gasteiger charge is 2.20. The zero-order chi connectivity index (χ0) is 19.6. The molecule has 28 heavy (non-hydrogen) atoms. The van der Waals surface area contributed by atoms with Crippen LogP contribution in [0.15, 0.2) is 23.2 Å². The van der Waals surface area contributed by atoms with Crippen molar-refractivity contribution < 1.29 is 9.47 Å². The van der Waals surface area contributed by atoms with Gasteiger partial charge in [-0.1, -0.05) is 13.8 Å². The van der Waals surface area contributed by atoms with E-state index in [1.54, 1.807) is 21.3 Å². The summed E-state index contributed by atoms with van der Waals surface area (Å²) in [4.78, 5) is 6.91. The van der Waals surface area contributed by atoms with Gasteiger partial charge in [-0.3, -0.25) is 4.99 Å². The number of nitrogens with zero attached hydrogens (tertiary/aromatic N) is 2. The molecule has 7 heteroatoms. The van der Waals surface area contributed by atoms with Gasteiger partial charge in [0.05, 0.1) is 14.2 Å². The van der Waals surface area contributed by atoms with E-state index >= 15 is 0 Å². The number of nitrogens with one attached hydrogen (secondary N) is 2. The van der Waals surface area contributed by atoms with Gasteiger partial charge >= 0.3 is 0 Å². The van der Waals surface area contributed by atoms with Gasteiger partial charge in [0.15, 0.2) is 5.96 Å². The number of guanidine groups is 1. The van der Waals surface area contributed by atoms with Crippen molar-refractivity contribution in [3.8, 4) is 11.5 Å². The van der Waals surface area contributed by atoms with Crippen molar-refractivity contribution in [1.29, 1.82) is 0 Å². The number of benzene rings is 1. The summed E-state index contributed by atoms with van der Waals surface area (Å²) >= 11 is 0. The van der Waals surface area contributed by atoms with Crippen LogP contribution in [0, 0.1) is 11.8 Å². The minimum Gasteiger partial charge on any atom is -0.497 e. The van der Waals surface area contributed by atoms with Crippen molar-refractivity contribution in [2.24, 2.45) is 16.8 Å². The minimum atomic E-state index is 0. The maximum atomic E-state index is 5.45. The molecule has 2 unspecified atom stereocenters. The molecule has 2 atom stereocenters. The highest BCUT2D eigenvalue weighted by Crippen LogP contribution is 2.24. The molecule has 0 spiro atoms. The lowest BCUT2D eigenvalue weighted by Gasteiger charge is -2.35. The summed E-state index contributed by atoms with van der Waals surface area (Å²) < 4.78 is 10.7. The lowest BCUT2D eigenvalue weighted by atomic mass is 9.92. The number of rotatable bonds is 8. The van der Waals surface area contributed by atoms with Gasteiger partial charge in [-0.2, -0.15) is 0 Å². The van der Waals surface area contributed by atoms with Gasteiger partial charge in [0.25, 0.3) is 0 Å². The molecule has 0 bridgehead atoms. The van der Waals surface area contributed by atoms with Crippen LogP contribution >= 0.6 is 24.0 Å². The van der Waals surface area contributed by atoms with Gasteiger partial charge < -0.3 is 25.0 Å². The molecule has 6 nitrogen and oxygen atoms in total.